The highest BCUT2D eigenvalue weighted by Crippen LogP contribution is 2.35. The summed E-state index contributed by atoms with van der Waals surface area (Å²) in [5, 5.41) is 2.95. The summed E-state index contributed by atoms with van der Waals surface area (Å²) in [6.07, 6.45) is -0.541. The molecule has 2 heterocycles. The van der Waals surface area contributed by atoms with Gasteiger partial charge in [-0.3, -0.25) is 4.79 Å². The standard InChI is InChI=1S/C39H44ClF3N2O7/c1-38(2,3)52-37(48)45-22-30(51-39(23-45)14-16-50-17-15-39)12-13-31-25(6-5-7-32(31)43)20-33(46)35(44-36(47)49-4)34(24-8-10-27(40)11-9-24)26-18-28(41)21-29(42)19-26/h5-11,18-19,21,30,34-35H,12-17,20,22-23H2,1-4H3,(H,44,47)/t30-,34+,35-/m1/s1. The van der Waals surface area contributed by atoms with Gasteiger partial charge in [-0.2, -0.15) is 0 Å². The molecule has 0 bridgehead atoms. The second-order valence-electron chi connectivity index (χ2n) is 14.3. The van der Waals surface area contributed by atoms with E-state index in [1.54, 1.807) is 56.0 Å². The zero-order valence-corrected chi connectivity index (χ0v) is 30.4. The van der Waals surface area contributed by atoms with Crippen LogP contribution in [0.15, 0.2) is 60.7 Å². The van der Waals surface area contributed by atoms with Crippen molar-refractivity contribution in [1.82, 2.24) is 10.2 Å². The zero-order valence-electron chi connectivity index (χ0n) is 29.7. The van der Waals surface area contributed by atoms with Gasteiger partial charge in [0.1, 0.15) is 29.1 Å². The predicted octanol–water partition coefficient (Wildman–Crippen LogP) is 7.54. The van der Waals surface area contributed by atoms with Gasteiger partial charge in [0.05, 0.1) is 31.9 Å². The molecular formula is C39H44ClF3N2O7. The first-order chi connectivity index (χ1) is 24.6. The van der Waals surface area contributed by atoms with Crippen LogP contribution in [0.25, 0.3) is 0 Å². The van der Waals surface area contributed by atoms with E-state index in [9.17, 15) is 23.2 Å². The number of methoxy groups -OCH3 is 1. The van der Waals surface area contributed by atoms with Crippen LogP contribution in [0.3, 0.4) is 0 Å². The average molecular weight is 745 g/mol. The number of hydrogen-bond acceptors (Lipinski definition) is 7. The van der Waals surface area contributed by atoms with Crippen LogP contribution < -0.4 is 5.32 Å². The molecule has 52 heavy (non-hydrogen) atoms. The van der Waals surface area contributed by atoms with E-state index in [1.165, 1.54) is 12.1 Å². The molecule has 0 radical (unpaired) electrons. The van der Waals surface area contributed by atoms with Crippen molar-refractivity contribution in [3.63, 3.8) is 0 Å². The summed E-state index contributed by atoms with van der Waals surface area (Å²) in [5.74, 6) is -3.92. The summed E-state index contributed by atoms with van der Waals surface area (Å²) in [4.78, 5) is 41.8. The van der Waals surface area contributed by atoms with Crippen molar-refractivity contribution in [2.24, 2.45) is 0 Å². The Labute approximate surface area is 306 Å². The fourth-order valence-electron chi connectivity index (χ4n) is 6.91. The molecule has 3 aromatic carbocycles. The van der Waals surface area contributed by atoms with Crippen LogP contribution in [-0.4, -0.2) is 79.6 Å². The highest BCUT2D eigenvalue weighted by molar-refractivity contribution is 6.30. The summed E-state index contributed by atoms with van der Waals surface area (Å²) in [6, 6.07) is 12.2. The summed E-state index contributed by atoms with van der Waals surface area (Å²) in [6.45, 7) is 6.94. The Hall–Kier alpha value is -4.13. The second-order valence-corrected chi connectivity index (χ2v) is 14.7. The number of rotatable bonds is 10. The van der Waals surface area contributed by atoms with E-state index in [0.717, 1.165) is 19.2 Å². The van der Waals surface area contributed by atoms with Crippen LogP contribution in [0.4, 0.5) is 22.8 Å². The summed E-state index contributed by atoms with van der Waals surface area (Å²) in [7, 11) is 1.13. The maximum absolute atomic E-state index is 15.6. The van der Waals surface area contributed by atoms with Gasteiger partial charge in [-0.15, -0.1) is 0 Å². The second kappa shape index (κ2) is 16.7. The molecule has 2 amide bonds. The molecule has 2 aliphatic rings. The molecule has 2 aliphatic heterocycles. The van der Waals surface area contributed by atoms with Gasteiger partial charge in [0.25, 0.3) is 0 Å². The van der Waals surface area contributed by atoms with E-state index >= 15 is 4.39 Å². The van der Waals surface area contributed by atoms with Crippen molar-refractivity contribution in [3.05, 3.63) is 105 Å². The largest absolute Gasteiger partial charge is 0.453 e. The monoisotopic (exact) mass is 744 g/mol. The minimum atomic E-state index is -1.39. The van der Waals surface area contributed by atoms with Gasteiger partial charge in [0.15, 0.2) is 5.78 Å². The molecule has 9 nitrogen and oxygen atoms in total. The Bertz CT molecular complexity index is 1720. The lowest BCUT2D eigenvalue weighted by atomic mass is 9.81. The fourth-order valence-corrected chi connectivity index (χ4v) is 7.04. The number of nitrogens with zero attached hydrogens (tertiary/aromatic N) is 1. The van der Waals surface area contributed by atoms with Crippen LogP contribution >= 0.6 is 11.6 Å². The van der Waals surface area contributed by atoms with Crippen molar-refractivity contribution >= 4 is 29.6 Å². The molecule has 0 saturated carbocycles. The predicted molar refractivity (Wildman–Crippen MR) is 188 cm³/mol. The number of ketones is 1. The number of Topliss-reactive ketones (excluding diaryl/α,β-unsaturated/α-hetero) is 1. The molecule has 0 aromatic heterocycles. The molecule has 3 atom stereocenters. The molecule has 280 valence electrons. The fraction of sp³-hybridized carbons (Fsp3) is 0.462. The molecule has 1 N–H and O–H groups in total. The van der Waals surface area contributed by atoms with E-state index in [0.29, 0.717) is 61.2 Å². The Morgan fingerprint density at radius 1 is 1.00 bits per heavy atom. The number of amides is 2. The van der Waals surface area contributed by atoms with E-state index in [-0.39, 0.29) is 30.5 Å². The van der Waals surface area contributed by atoms with E-state index in [2.05, 4.69) is 5.32 Å². The Morgan fingerprint density at radius 2 is 1.67 bits per heavy atom. The topological polar surface area (TPSA) is 103 Å². The van der Waals surface area contributed by atoms with Crippen molar-refractivity contribution in [2.45, 2.75) is 82.1 Å². The van der Waals surface area contributed by atoms with Crippen molar-refractivity contribution in [3.8, 4) is 0 Å². The lowest BCUT2D eigenvalue weighted by molar-refractivity contribution is -0.186. The quantitative estimate of drug-likeness (QED) is 0.229. The lowest BCUT2D eigenvalue weighted by Crippen LogP contribution is -2.59. The Kier molecular flexibility index (Phi) is 12.5. The number of carbonyl (C=O) groups is 3. The molecule has 2 saturated heterocycles. The lowest BCUT2D eigenvalue weighted by Gasteiger charge is -2.48. The third-order valence-electron chi connectivity index (χ3n) is 9.28. The first kappa shape index (κ1) is 39.1. The van der Waals surface area contributed by atoms with Gasteiger partial charge < -0.3 is 29.2 Å². The maximum atomic E-state index is 15.6. The minimum Gasteiger partial charge on any atom is -0.453 e. The van der Waals surface area contributed by atoms with Crippen LogP contribution in [-0.2, 0) is 36.6 Å². The molecule has 2 fully saturated rings. The van der Waals surface area contributed by atoms with Crippen LogP contribution in [0.1, 0.15) is 68.2 Å². The summed E-state index contributed by atoms with van der Waals surface area (Å²) < 4.78 is 67.4. The van der Waals surface area contributed by atoms with Gasteiger partial charge >= 0.3 is 12.2 Å². The maximum Gasteiger partial charge on any atom is 0.410 e. The first-order valence-electron chi connectivity index (χ1n) is 17.2. The minimum absolute atomic E-state index is 0.0834. The van der Waals surface area contributed by atoms with Gasteiger partial charge in [-0.25, -0.2) is 22.8 Å². The molecule has 5 rings (SSSR count). The first-order valence-corrected chi connectivity index (χ1v) is 17.6. The van der Waals surface area contributed by atoms with Crippen molar-refractivity contribution < 1.29 is 46.5 Å². The van der Waals surface area contributed by atoms with Crippen molar-refractivity contribution in [1.29, 1.82) is 0 Å². The number of carbonyl (C=O) groups excluding carboxylic acids is 3. The van der Waals surface area contributed by atoms with E-state index in [1.807, 2.05) is 0 Å². The highest BCUT2D eigenvalue weighted by atomic mass is 35.5. The van der Waals surface area contributed by atoms with Gasteiger partial charge in [0.2, 0.25) is 0 Å². The highest BCUT2D eigenvalue weighted by Gasteiger charge is 2.44. The normalized spacial score (nSPS) is 18.4. The van der Waals surface area contributed by atoms with Crippen LogP contribution in [0.2, 0.25) is 5.02 Å². The number of nitrogens with one attached hydrogen (secondary N) is 1. The Balaban J connectivity index is 1.43. The molecule has 0 unspecified atom stereocenters. The SMILES string of the molecule is COC(=O)N[C@H](C(=O)Cc1cccc(F)c1CC[C@@H]1CN(C(=O)OC(C)(C)C)CC2(CCOCC2)O1)[C@@H](c1ccc(Cl)cc1)c1cc(F)cc(F)c1. The summed E-state index contributed by atoms with van der Waals surface area (Å²) >= 11 is 6.13. The third kappa shape index (κ3) is 10.0. The molecule has 0 aliphatic carbocycles. The smallest absolute Gasteiger partial charge is 0.410 e. The van der Waals surface area contributed by atoms with Crippen LogP contribution in [0, 0.1) is 17.5 Å². The Morgan fingerprint density at radius 3 is 2.31 bits per heavy atom. The molecule has 3 aromatic rings. The van der Waals surface area contributed by atoms with Crippen molar-refractivity contribution in [2.75, 3.05) is 33.4 Å². The summed E-state index contributed by atoms with van der Waals surface area (Å²) in [5.41, 5.74) is -0.173. The van der Waals surface area contributed by atoms with Gasteiger partial charge in [-0.05, 0) is 86.2 Å². The average Bonchev–Trinajstić information content (AvgIpc) is 3.07. The molecule has 13 heteroatoms. The van der Waals surface area contributed by atoms with E-state index < -0.39 is 64.7 Å². The molecular weight excluding hydrogens is 701 g/mol. The number of benzene rings is 3. The van der Waals surface area contributed by atoms with Gasteiger partial charge in [-0.1, -0.05) is 35.9 Å². The van der Waals surface area contributed by atoms with Crippen LogP contribution in [0.5, 0.6) is 0 Å². The molecule has 1 spiro atoms. The third-order valence-corrected chi connectivity index (χ3v) is 9.54. The number of hydrogen-bond donors (Lipinski definition) is 1. The zero-order chi connectivity index (χ0) is 37.6. The van der Waals surface area contributed by atoms with Gasteiger partial charge in [0, 0.05) is 49.5 Å². The number of ether oxygens (including phenoxy) is 4. The number of morpholine rings is 1. The number of halogens is 4. The van der Waals surface area contributed by atoms with E-state index in [4.69, 9.17) is 30.5 Å². The number of alkyl carbamates (subject to hydrolysis) is 1.